The van der Waals surface area contributed by atoms with Gasteiger partial charge in [0.1, 0.15) is 5.75 Å². The first kappa shape index (κ1) is 15.2. The van der Waals surface area contributed by atoms with Gasteiger partial charge in [0, 0.05) is 24.1 Å². The highest BCUT2D eigenvalue weighted by atomic mass is 19.4. The summed E-state index contributed by atoms with van der Waals surface area (Å²) in [5.41, 5.74) is 0.534. The number of methoxy groups -OCH3 is 1. The van der Waals surface area contributed by atoms with E-state index in [1.165, 1.54) is 19.4 Å². The second-order valence-electron chi connectivity index (χ2n) is 4.77. The van der Waals surface area contributed by atoms with Crippen LogP contribution in [0.3, 0.4) is 0 Å². The van der Waals surface area contributed by atoms with Crippen LogP contribution in [0.2, 0.25) is 0 Å². The number of halogens is 3. The number of carbonyl (C=O) groups is 1. The molecule has 4 nitrogen and oxygen atoms in total. The Morgan fingerprint density at radius 1 is 1.43 bits per heavy atom. The third-order valence-electron chi connectivity index (χ3n) is 3.38. The molecule has 1 aromatic heterocycles. The first-order valence-corrected chi connectivity index (χ1v) is 6.15. The van der Waals surface area contributed by atoms with Gasteiger partial charge in [0.2, 0.25) is 0 Å². The number of ether oxygens (including phenoxy) is 1. The Labute approximate surface area is 118 Å². The van der Waals surface area contributed by atoms with Crippen molar-refractivity contribution >= 4 is 16.9 Å². The Morgan fingerprint density at radius 3 is 2.62 bits per heavy atom. The minimum Gasteiger partial charge on any atom is -0.497 e. The predicted molar refractivity (Wildman–Crippen MR) is 70.5 cm³/mol. The van der Waals surface area contributed by atoms with Crippen molar-refractivity contribution in [1.29, 1.82) is 0 Å². The molecule has 0 spiro atoms. The monoisotopic (exact) mass is 301 g/mol. The Balaban J connectivity index is 2.64. The van der Waals surface area contributed by atoms with Gasteiger partial charge in [-0.25, -0.2) is 0 Å². The van der Waals surface area contributed by atoms with Crippen molar-refractivity contribution in [3.05, 3.63) is 30.0 Å². The summed E-state index contributed by atoms with van der Waals surface area (Å²) in [5.74, 6) is -3.12. The molecule has 2 aromatic rings. The molecule has 0 aliphatic heterocycles. The van der Waals surface area contributed by atoms with Crippen LogP contribution in [0.4, 0.5) is 13.2 Å². The van der Waals surface area contributed by atoms with Crippen molar-refractivity contribution in [2.75, 3.05) is 7.11 Å². The molecule has 1 aromatic carbocycles. The molecule has 0 radical (unpaired) electrons. The molecule has 0 aliphatic carbocycles. The topological polar surface area (TPSA) is 51.5 Å². The minimum absolute atomic E-state index is 0.0544. The van der Waals surface area contributed by atoms with Crippen LogP contribution in [0.15, 0.2) is 24.4 Å². The number of aromatic nitrogens is 1. The van der Waals surface area contributed by atoms with E-state index < -0.39 is 24.5 Å². The van der Waals surface area contributed by atoms with Crippen LogP contribution in [-0.2, 0) is 11.8 Å². The Bertz CT molecular complexity index is 676. The van der Waals surface area contributed by atoms with Crippen LogP contribution in [-0.4, -0.2) is 28.9 Å². The molecule has 0 saturated heterocycles. The number of alkyl halides is 3. The lowest BCUT2D eigenvalue weighted by atomic mass is 9.94. The number of aryl methyl sites for hydroxylation is 1. The molecule has 1 heterocycles. The van der Waals surface area contributed by atoms with Gasteiger partial charge in [-0.15, -0.1) is 0 Å². The molecule has 21 heavy (non-hydrogen) atoms. The summed E-state index contributed by atoms with van der Waals surface area (Å²) in [6.07, 6.45) is -4.30. The molecular weight excluding hydrogens is 287 g/mol. The maximum atomic E-state index is 13.2. The SMILES string of the molecule is COc1ccc2c(c1)c([C@H](CC(=O)O)C(F)(F)F)cn2C. The number of carboxylic acid groups (broad SMARTS) is 1. The summed E-state index contributed by atoms with van der Waals surface area (Å²) in [7, 11) is 3.04. The van der Waals surface area contributed by atoms with Gasteiger partial charge >= 0.3 is 12.1 Å². The molecule has 0 aliphatic rings. The summed E-state index contributed by atoms with van der Waals surface area (Å²) in [6.45, 7) is 0. The minimum atomic E-state index is -4.63. The number of nitrogens with zero attached hydrogens (tertiary/aromatic N) is 1. The molecular formula is C14H14F3NO3. The van der Waals surface area contributed by atoms with Gasteiger partial charge in [0.15, 0.2) is 0 Å². The van der Waals surface area contributed by atoms with E-state index in [2.05, 4.69) is 0 Å². The highest BCUT2D eigenvalue weighted by molar-refractivity contribution is 5.86. The average molecular weight is 301 g/mol. The van der Waals surface area contributed by atoms with Crippen molar-refractivity contribution in [1.82, 2.24) is 4.57 Å². The van der Waals surface area contributed by atoms with Crippen LogP contribution >= 0.6 is 0 Å². The van der Waals surface area contributed by atoms with Gasteiger partial charge in [-0.3, -0.25) is 4.79 Å². The lowest BCUT2D eigenvalue weighted by Crippen LogP contribution is -2.23. The molecule has 0 unspecified atom stereocenters. The lowest BCUT2D eigenvalue weighted by molar-refractivity contribution is -0.163. The number of aliphatic carboxylic acids is 1. The van der Waals surface area contributed by atoms with Gasteiger partial charge < -0.3 is 14.4 Å². The molecule has 2 rings (SSSR count). The molecule has 0 fully saturated rings. The summed E-state index contributed by atoms with van der Waals surface area (Å²) in [5, 5.41) is 9.10. The fourth-order valence-electron chi connectivity index (χ4n) is 2.38. The van der Waals surface area contributed by atoms with E-state index in [9.17, 15) is 18.0 Å². The third-order valence-corrected chi connectivity index (χ3v) is 3.38. The highest BCUT2D eigenvalue weighted by Crippen LogP contribution is 2.41. The van der Waals surface area contributed by atoms with Crippen molar-refractivity contribution in [2.24, 2.45) is 7.05 Å². The maximum absolute atomic E-state index is 13.2. The second kappa shape index (κ2) is 5.31. The van der Waals surface area contributed by atoms with Crippen molar-refractivity contribution in [3.8, 4) is 5.75 Å². The van der Waals surface area contributed by atoms with Gasteiger partial charge in [-0.05, 0) is 23.8 Å². The van der Waals surface area contributed by atoms with Crippen LogP contribution < -0.4 is 4.74 Å². The largest absolute Gasteiger partial charge is 0.497 e. The first-order valence-electron chi connectivity index (χ1n) is 6.15. The van der Waals surface area contributed by atoms with Crippen LogP contribution in [0, 0.1) is 0 Å². The number of benzene rings is 1. The number of carboxylic acids is 1. The van der Waals surface area contributed by atoms with E-state index in [4.69, 9.17) is 9.84 Å². The number of hydrogen-bond acceptors (Lipinski definition) is 2. The van der Waals surface area contributed by atoms with E-state index >= 15 is 0 Å². The quantitative estimate of drug-likeness (QED) is 0.942. The van der Waals surface area contributed by atoms with E-state index in [0.29, 0.717) is 16.7 Å². The normalized spacial score (nSPS) is 13.4. The molecule has 114 valence electrons. The Morgan fingerprint density at radius 2 is 2.10 bits per heavy atom. The third kappa shape index (κ3) is 2.96. The summed E-state index contributed by atoms with van der Waals surface area (Å²) in [6, 6.07) is 4.78. The lowest BCUT2D eigenvalue weighted by Gasteiger charge is -2.18. The van der Waals surface area contributed by atoms with E-state index in [0.717, 1.165) is 0 Å². The molecule has 0 saturated carbocycles. The zero-order chi connectivity index (χ0) is 15.8. The molecule has 1 N–H and O–H groups in total. The van der Waals surface area contributed by atoms with Crippen molar-refractivity contribution in [3.63, 3.8) is 0 Å². The van der Waals surface area contributed by atoms with Crippen molar-refractivity contribution in [2.45, 2.75) is 18.5 Å². The fourth-order valence-corrected chi connectivity index (χ4v) is 2.38. The van der Waals surface area contributed by atoms with Crippen LogP contribution in [0.5, 0.6) is 5.75 Å². The predicted octanol–water partition coefficient (Wildman–Crippen LogP) is 3.31. The Hall–Kier alpha value is -2.18. The molecule has 0 bridgehead atoms. The second-order valence-corrected chi connectivity index (χ2v) is 4.77. The van der Waals surface area contributed by atoms with Crippen LogP contribution in [0.25, 0.3) is 10.9 Å². The number of rotatable bonds is 4. The fraction of sp³-hybridized carbons (Fsp3) is 0.357. The molecule has 7 heteroatoms. The van der Waals surface area contributed by atoms with Crippen LogP contribution in [0.1, 0.15) is 17.9 Å². The average Bonchev–Trinajstić information content (AvgIpc) is 2.71. The molecule has 1 atom stereocenters. The van der Waals surface area contributed by atoms with E-state index in [-0.39, 0.29) is 5.56 Å². The van der Waals surface area contributed by atoms with Gasteiger partial charge in [-0.1, -0.05) is 0 Å². The molecule has 0 amide bonds. The van der Waals surface area contributed by atoms with Gasteiger partial charge in [-0.2, -0.15) is 13.2 Å². The standard InChI is InChI=1S/C14H14F3NO3/c1-18-7-10(11(6-13(19)20)14(15,16)17)9-5-8(21-2)3-4-12(9)18/h3-5,7,11H,6H2,1-2H3,(H,19,20)/t11-/m0/s1. The Kier molecular flexibility index (Phi) is 3.85. The summed E-state index contributed by atoms with van der Waals surface area (Å²) in [4.78, 5) is 10.8. The highest BCUT2D eigenvalue weighted by Gasteiger charge is 2.43. The van der Waals surface area contributed by atoms with Gasteiger partial charge in [0.05, 0.1) is 19.4 Å². The zero-order valence-corrected chi connectivity index (χ0v) is 11.4. The van der Waals surface area contributed by atoms with E-state index in [1.54, 1.807) is 23.7 Å². The summed E-state index contributed by atoms with van der Waals surface area (Å²) >= 11 is 0. The van der Waals surface area contributed by atoms with Crippen molar-refractivity contribution < 1.29 is 27.8 Å². The number of hydrogen-bond donors (Lipinski definition) is 1. The van der Waals surface area contributed by atoms with E-state index in [1.807, 2.05) is 0 Å². The summed E-state index contributed by atoms with van der Waals surface area (Å²) < 4.78 is 46.1. The number of fused-ring (bicyclic) bond motifs is 1. The smallest absolute Gasteiger partial charge is 0.396 e. The zero-order valence-electron chi connectivity index (χ0n) is 11.4. The maximum Gasteiger partial charge on any atom is 0.396 e. The first-order chi connectivity index (χ1) is 9.74. The van der Waals surface area contributed by atoms with Gasteiger partial charge in [0.25, 0.3) is 0 Å².